The van der Waals surface area contributed by atoms with Crippen molar-refractivity contribution < 1.29 is 10.2 Å². The van der Waals surface area contributed by atoms with Gasteiger partial charge in [0.2, 0.25) is 0 Å². The molecule has 1 aromatic carbocycles. The fourth-order valence-electron chi connectivity index (χ4n) is 4.93. The highest BCUT2D eigenvalue weighted by molar-refractivity contribution is 6.30. The van der Waals surface area contributed by atoms with Crippen LogP contribution in [0.2, 0.25) is 5.02 Å². The predicted molar refractivity (Wildman–Crippen MR) is 121 cm³/mol. The zero-order chi connectivity index (χ0) is 20.8. The molecular formula is C25H36ClNO2. The third kappa shape index (κ3) is 6.68. The Morgan fingerprint density at radius 3 is 2.66 bits per heavy atom. The van der Waals surface area contributed by atoms with Crippen LogP contribution in [-0.4, -0.2) is 48.0 Å². The summed E-state index contributed by atoms with van der Waals surface area (Å²) in [7, 11) is 4.26. The second-order valence-corrected chi connectivity index (χ2v) is 9.57. The van der Waals surface area contributed by atoms with Crippen molar-refractivity contribution in [2.75, 3.05) is 20.6 Å². The van der Waals surface area contributed by atoms with E-state index in [9.17, 15) is 10.2 Å². The van der Waals surface area contributed by atoms with E-state index in [1.54, 1.807) is 5.57 Å². The number of halogens is 1. The lowest BCUT2D eigenvalue weighted by molar-refractivity contribution is 0.140. The number of aliphatic hydroxyl groups is 2. The second kappa shape index (κ2) is 10.8. The first-order valence-corrected chi connectivity index (χ1v) is 11.4. The van der Waals surface area contributed by atoms with Crippen molar-refractivity contribution >= 4 is 11.6 Å². The fourth-order valence-corrected chi connectivity index (χ4v) is 5.06. The number of hydrogen-bond donors (Lipinski definition) is 2. The van der Waals surface area contributed by atoms with Gasteiger partial charge in [0.1, 0.15) is 0 Å². The summed E-state index contributed by atoms with van der Waals surface area (Å²) in [6.45, 7) is 1.17. The molecule has 0 spiro atoms. The molecule has 2 aliphatic carbocycles. The molecule has 0 unspecified atom stereocenters. The van der Waals surface area contributed by atoms with E-state index in [1.165, 1.54) is 32.2 Å². The Kier molecular flexibility index (Phi) is 8.37. The summed E-state index contributed by atoms with van der Waals surface area (Å²) in [5.74, 6) is 1.16. The van der Waals surface area contributed by atoms with Crippen LogP contribution in [0.5, 0.6) is 0 Å². The molecule has 0 aliphatic heterocycles. The molecule has 160 valence electrons. The van der Waals surface area contributed by atoms with E-state index in [0.717, 1.165) is 18.4 Å². The summed E-state index contributed by atoms with van der Waals surface area (Å²) in [5.41, 5.74) is 2.65. The van der Waals surface area contributed by atoms with Crippen molar-refractivity contribution in [3.05, 3.63) is 58.7 Å². The maximum absolute atomic E-state index is 10.5. The van der Waals surface area contributed by atoms with Crippen molar-refractivity contribution in [1.82, 2.24) is 4.90 Å². The molecule has 29 heavy (non-hydrogen) atoms. The van der Waals surface area contributed by atoms with Crippen molar-refractivity contribution in [1.29, 1.82) is 0 Å². The quantitative estimate of drug-likeness (QED) is 0.421. The van der Waals surface area contributed by atoms with E-state index in [-0.39, 0.29) is 12.0 Å². The number of aliphatic hydroxyl groups excluding tert-OH is 2. The molecule has 0 bridgehead atoms. The standard InChI is InChI=1S/C25H36ClNO2/c1-27(2)13-5-3-4-6-19-14-20-17-25(29)23(24(20)16-19)12-11-22(28)15-18-7-9-21(26)10-8-18/h7-12,14,20,22-25,28-29H,3-6,13,15-17H2,1-2H3/b12-11+/t20-,22+,23+,24-,25+/m0/s1. The Balaban J connectivity index is 1.46. The van der Waals surface area contributed by atoms with Crippen LogP contribution >= 0.6 is 11.6 Å². The summed E-state index contributed by atoms with van der Waals surface area (Å²) < 4.78 is 0. The summed E-state index contributed by atoms with van der Waals surface area (Å²) >= 11 is 5.92. The lowest BCUT2D eigenvalue weighted by Crippen LogP contribution is -2.18. The lowest BCUT2D eigenvalue weighted by atomic mass is 9.88. The molecule has 4 heteroatoms. The number of allylic oxidation sites excluding steroid dienone is 2. The minimum Gasteiger partial charge on any atom is -0.392 e. The summed E-state index contributed by atoms with van der Waals surface area (Å²) in [6, 6.07) is 7.60. The van der Waals surface area contributed by atoms with Gasteiger partial charge in [0.15, 0.2) is 0 Å². The van der Waals surface area contributed by atoms with Gasteiger partial charge in [-0.25, -0.2) is 0 Å². The fraction of sp³-hybridized carbons (Fsp3) is 0.600. The highest BCUT2D eigenvalue weighted by Crippen LogP contribution is 2.48. The number of unbranched alkanes of at least 4 members (excludes halogenated alkanes) is 2. The zero-order valence-electron chi connectivity index (χ0n) is 17.8. The van der Waals surface area contributed by atoms with Crippen molar-refractivity contribution in [2.45, 2.75) is 57.2 Å². The van der Waals surface area contributed by atoms with Crippen LogP contribution in [0.3, 0.4) is 0 Å². The van der Waals surface area contributed by atoms with Gasteiger partial charge in [0, 0.05) is 17.4 Å². The third-order valence-corrected chi connectivity index (χ3v) is 6.72. The molecule has 3 rings (SSSR count). The Labute approximate surface area is 181 Å². The van der Waals surface area contributed by atoms with Crippen LogP contribution in [0.4, 0.5) is 0 Å². The van der Waals surface area contributed by atoms with Crippen molar-refractivity contribution in [3.63, 3.8) is 0 Å². The molecule has 1 aromatic rings. The average Bonchev–Trinajstić information content (AvgIpc) is 3.18. The summed E-state index contributed by atoms with van der Waals surface area (Å²) in [6.07, 6.45) is 13.1. The van der Waals surface area contributed by atoms with Crippen LogP contribution in [0, 0.1) is 17.8 Å². The highest BCUT2D eigenvalue weighted by atomic mass is 35.5. The lowest BCUT2D eigenvalue weighted by Gasteiger charge is -2.19. The maximum atomic E-state index is 10.5. The minimum absolute atomic E-state index is 0.155. The Morgan fingerprint density at radius 1 is 1.17 bits per heavy atom. The second-order valence-electron chi connectivity index (χ2n) is 9.13. The van der Waals surface area contributed by atoms with E-state index < -0.39 is 6.10 Å². The Morgan fingerprint density at radius 2 is 1.93 bits per heavy atom. The SMILES string of the molecule is CN(C)CCCCCC1=C[C@H]2C[C@@H](O)[C@H](/C=C/[C@@H](O)Cc3ccc(Cl)cc3)[C@H]2C1. The van der Waals surface area contributed by atoms with E-state index in [2.05, 4.69) is 31.1 Å². The summed E-state index contributed by atoms with van der Waals surface area (Å²) in [4.78, 5) is 2.25. The first kappa shape index (κ1) is 22.6. The van der Waals surface area contributed by atoms with Gasteiger partial charge in [0.05, 0.1) is 12.2 Å². The molecule has 5 atom stereocenters. The van der Waals surface area contributed by atoms with Gasteiger partial charge in [-0.1, -0.05) is 54.0 Å². The van der Waals surface area contributed by atoms with Crippen LogP contribution in [-0.2, 0) is 6.42 Å². The largest absolute Gasteiger partial charge is 0.392 e. The van der Waals surface area contributed by atoms with Gasteiger partial charge >= 0.3 is 0 Å². The molecule has 0 amide bonds. The maximum Gasteiger partial charge on any atom is 0.0761 e. The van der Waals surface area contributed by atoms with Gasteiger partial charge in [-0.3, -0.25) is 0 Å². The van der Waals surface area contributed by atoms with Crippen LogP contribution in [0.1, 0.15) is 44.1 Å². The topological polar surface area (TPSA) is 43.7 Å². The van der Waals surface area contributed by atoms with Gasteiger partial charge in [-0.2, -0.15) is 0 Å². The van der Waals surface area contributed by atoms with Crippen LogP contribution in [0.25, 0.3) is 0 Å². The predicted octanol–water partition coefficient (Wildman–Crippen LogP) is 4.86. The minimum atomic E-state index is -0.534. The van der Waals surface area contributed by atoms with Gasteiger partial charge < -0.3 is 15.1 Å². The van der Waals surface area contributed by atoms with E-state index in [4.69, 9.17) is 11.6 Å². The molecule has 0 saturated heterocycles. The number of rotatable bonds is 10. The Bertz CT molecular complexity index is 697. The smallest absolute Gasteiger partial charge is 0.0761 e. The molecule has 0 aromatic heterocycles. The highest BCUT2D eigenvalue weighted by Gasteiger charge is 2.43. The first-order valence-electron chi connectivity index (χ1n) is 11.1. The normalized spacial score (nSPS) is 27.6. The number of fused-ring (bicyclic) bond motifs is 1. The first-order chi connectivity index (χ1) is 13.9. The van der Waals surface area contributed by atoms with Gasteiger partial charge in [-0.15, -0.1) is 0 Å². The van der Waals surface area contributed by atoms with E-state index >= 15 is 0 Å². The number of nitrogens with zero attached hydrogens (tertiary/aromatic N) is 1. The van der Waals surface area contributed by atoms with Crippen LogP contribution < -0.4 is 0 Å². The molecule has 1 fully saturated rings. The number of hydrogen-bond acceptors (Lipinski definition) is 3. The molecular weight excluding hydrogens is 382 g/mol. The average molecular weight is 418 g/mol. The van der Waals surface area contributed by atoms with Gasteiger partial charge in [0.25, 0.3) is 0 Å². The summed E-state index contributed by atoms with van der Waals surface area (Å²) in [5, 5.41) is 21.6. The van der Waals surface area contributed by atoms with E-state index in [1.807, 2.05) is 30.3 Å². The van der Waals surface area contributed by atoms with Gasteiger partial charge in [-0.05, 0) is 82.3 Å². The third-order valence-electron chi connectivity index (χ3n) is 6.47. The van der Waals surface area contributed by atoms with E-state index in [0.29, 0.717) is 23.3 Å². The molecule has 2 aliphatic rings. The number of benzene rings is 1. The van der Waals surface area contributed by atoms with Crippen LogP contribution in [0.15, 0.2) is 48.1 Å². The molecule has 3 nitrogen and oxygen atoms in total. The zero-order valence-corrected chi connectivity index (χ0v) is 18.6. The molecule has 1 saturated carbocycles. The Hall–Kier alpha value is -1.13. The monoisotopic (exact) mass is 417 g/mol. The molecule has 0 heterocycles. The van der Waals surface area contributed by atoms with Crippen molar-refractivity contribution in [2.24, 2.45) is 17.8 Å². The molecule has 0 radical (unpaired) electrons. The van der Waals surface area contributed by atoms with Crippen molar-refractivity contribution in [3.8, 4) is 0 Å². The molecule has 2 N–H and O–H groups in total.